The van der Waals surface area contributed by atoms with Crippen LogP contribution >= 0.6 is 0 Å². The third kappa shape index (κ3) is 1.52. The van der Waals surface area contributed by atoms with E-state index in [1.54, 1.807) is 0 Å². The van der Waals surface area contributed by atoms with Gasteiger partial charge < -0.3 is 10.4 Å². The monoisotopic (exact) mass is 279 g/mol. The lowest BCUT2D eigenvalue weighted by Gasteiger charge is -2.12. The van der Waals surface area contributed by atoms with Crippen molar-refractivity contribution in [2.24, 2.45) is 23.7 Å². The van der Waals surface area contributed by atoms with Gasteiger partial charge in [0.25, 0.3) is 5.91 Å². The third-order valence-electron chi connectivity index (χ3n) is 5.33. The average Bonchev–Trinajstić information content (AvgIpc) is 2.82. The van der Waals surface area contributed by atoms with Gasteiger partial charge in [0.05, 0.1) is 0 Å². The zero-order valence-corrected chi connectivity index (χ0v) is 10.8. The highest BCUT2D eigenvalue weighted by atomic mass is 19.1. The second-order valence-corrected chi connectivity index (χ2v) is 6.24. The molecule has 5 heteroatoms. The molecule has 4 atom stereocenters. The van der Waals surface area contributed by atoms with Gasteiger partial charge in [0.2, 0.25) is 0 Å². The number of rotatable bonds is 2. The predicted octanol–water partition coefficient (Wildman–Crippen LogP) is 2.44. The first-order chi connectivity index (χ1) is 9.58. The number of hydrogen-bond donors (Lipinski definition) is 2. The molecule has 0 heterocycles. The lowest BCUT2D eigenvalue weighted by molar-refractivity contribution is 0.0935. The minimum absolute atomic E-state index is 0.0647. The van der Waals surface area contributed by atoms with Gasteiger partial charge in [0.1, 0.15) is 11.4 Å². The summed E-state index contributed by atoms with van der Waals surface area (Å²) in [5.74, 6) is -1.23. The van der Waals surface area contributed by atoms with E-state index in [0.717, 1.165) is 12.1 Å². The molecule has 20 heavy (non-hydrogen) atoms. The number of hydrogen-bond acceptors (Lipinski definition) is 2. The summed E-state index contributed by atoms with van der Waals surface area (Å²) in [6.45, 7) is 0. The van der Waals surface area contributed by atoms with E-state index in [9.17, 15) is 18.7 Å². The highest BCUT2D eigenvalue weighted by Gasteiger charge is 2.65. The van der Waals surface area contributed by atoms with Crippen LogP contribution in [0, 0.1) is 35.3 Å². The number of carbonyl (C=O) groups is 1. The molecule has 106 valence electrons. The smallest absolute Gasteiger partial charge is 0.257 e. The molecule has 3 aliphatic rings. The Balaban J connectivity index is 1.54. The van der Waals surface area contributed by atoms with Crippen molar-refractivity contribution < 1.29 is 18.7 Å². The van der Waals surface area contributed by atoms with Gasteiger partial charge in [0.15, 0.2) is 11.6 Å². The van der Waals surface area contributed by atoms with E-state index in [1.807, 2.05) is 0 Å². The first-order valence-electron chi connectivity index (χ1n) is 7.05. The first kappa shape index (κ1) is 12.1. The number of phenolic OH excluding ortho intramolecular Hbond substituents is 1. The zero-order valence-electron chi connectivity index (χ0n) is 10.8. The highest BCUT2D eigenvalue weighted by Crippen LogP contribution is 2.65. The SMILES string of the molecule is O=C(NC1[C@@H]2[C@H]3CC[C@@H](C3)[C@@H]12)c1c(F)ccc(O)c1F. The van der Waals surface area contributed by atoms with E-state index in [1.165, 1.54) is 19.3 Å². The molecular weight excluding hydrogens is 264 g/mol. The van der Waals surface area contributed by atoms with Crippen LogP contribution in [0.25, 0.3) is 0 Å². The van der Waals surface area contributed by atoms with E-state index >= 15 is 0 Å². The third-order valence-corrected chi connectivity index (χ3v) is 5.33. The quantitative estimate of drug-likeness (QED) is 0.873. The summed E-state index contributed by atoms with van der Waals surface area (Å²) in [5, 5.41) is 12.0. The molecule has 2 N–H and O–H groups in total. The predicted molar refractivity (Wildman–Crippen MR) is 67.1 cm³/mol. The number of carbonyl (C=O) groups excluding carboxylic acids is 1. The molecule has 3 aliphatic carbocycles. The van der Waals surface area contributed by atoms with Crippen molar-refractivity contribution in [3.05, 3.63) is 29.3 Å². The largest absolute Gasteiger partial charge is 0.505 e. The maximum absolute atomic E-state index is 13.7. The van der Waals surface area contributed by atoms with Crippen LogP contribution in [0.2, 0.25) is 0 Å². The summed E-state index contributed by atoms with van der Waals surface area (Å²) in [4.78, 5) is 12.1. The van der Waals surface area contributed by atoms with Crippen LogP contribution in [0.5, 0.6) is 5.75 Å². The number of benzene rings is 1. The number of halogens is 2. The Morgan fingerprint density at radius 1 is 1.20 bits per heavy atom. The van der Waals surface area contributed by atoms with Crippen molar-refractivity contribution in [1.29, 1.82) is 0 Å². The Bertz CT molecular complexity index is 588. The molecule has 0 saturated heterocycles. The van der Waals surface area contributed by atoms with Gasteiger partial charge in [-0.05, 0) is 55.1 Å². The van der Waals surface area contributed by atoms with Gasteiger partial charge in [-0.25, -0.2) is 8.78 Å². The summed E-state index contributed by atoms with van der Waals surface area (Å²) < 4.78 is 27.3. The van der Waals surface area contributed by atoms with Crippen LogP contribution in [0.15, 0.2) is 12.1 Å². The molecule has 2 bridgehead atoms. The van der Waals surface area contributed by atoms with Crippen molar-refractivity contribution in [2.75, 3.05) is 0 Å². The second kappa shape index (κ2) is 3.93. The number of fused-ring (bicyclic) bond motifs is 5. The molecule has 0 unspecified atom stereocenters. The Labute approximate surface area is 115 Å². The van der Waals surface area contributed by atoms with E-state index in [-0.39, 0.29) is 6.04 Å². The van der Waals surface area contributed by atoms with Gasteiger partial charge >= 0.3 is 0 Å². The first-order valence-corrected chi connectivity index (χ1v) is 7.05. The van der Waals surface area contributed by atoms with Crippen molar-refractivity contribution in [1.82, 2.24) is 5.32 Å². The fourth-order valence-corrected chi connectivity index (χ4v) is 4.49. The van der Waals surface area contributed by atoms with E-state index in [2.05, 4.69) is 5.32 Å². The van der Waals surface area contributed by atoms with Gasteiger partial charge in [0, 0.05) is 6.04 Å². The highest BCUT2D eigenvalue weighted by molar-refractivity contribution is 5.95. The molecule has 1 amide bonds. The summed E-state index contributed by atoms with van der Waals surface area (Å²) in [7, 11) is 0. The van der Waals surface area contributed by atoms with Crippen LogP contribution in [0.1, 0.15) is 29.6 Å². The van der Waals surface area contributed by atoms with E-state index in [0.29, 0.717) is 23.7 Å². The van der Waals surface area contributed by atoms with Crippen LogP contribution in [0.4, 0.5) is 8.78 Å². The topological polar surface area (TPSA) is 49.3 Å². The Morgan fingerprint density at radius 2 is 1.85 bits per heavy atom. The summed E-state index contributed by atoms with van der Waals surface area (Å²) in [6.07, 6.45) is 3.68. The molecule has 0 aromatic heterocycles. The number of nitrogens with one attached hydrogen (secondary N) is 1. The van der Waals surface area contributed by atoms with Gasteiger partial charge in [-0.1, -0.05) is 0 Å². The molecule has 0 radical (unpaired) electrons. The van der Waals surface area contributed by atoms with Crippen LogP contribution in [-0.2, 0) is 0 Å². The van der Waals surface area contributed by atoms with Crippen molar-refractivity contribution in [2.45, 2.75) is 25.3 Å². The molecule has 3 nitrogen and oxygen atoms in total. The number of phenols is 1. The molecule has 0 spiro atoms. The molecule has 3 saturated carbocycles. The minimum Gasteiger partial charge on any atom is -0.505 e. The van der Waals surface area contributed by atoms with Crippen molar-refractivity contribution in [3.8, 4) is 5.75 Å². The van der Waals surface area contributed by atoms with Crippen LogP contribution in [0.3, 0.4) is 0 Å². The van der Waals surface area contributed by atoms with Crippen LogP contribution < -0.4 is 5.32 Å². The Morgan fingerprint density at radius 3 is 2.50 bits per heavy atom. The van der Waals surface area contributed by atoms with Crippen LogP contribution in [-0.4, -0.2) is 17.1 Å². The maximum atomic E-state index is 13.7. The van der Waals surface area contributed by atoms with Gasteiger partial charge in [-0.2, -0.15) is 0 Å². The second-order valence-electron chi connectivity index (χ2n) is 6.24. The normalized spacial score (nSPS) is 36.8. The van der Waals surface area contributed by atoms with E-state index in [4.69, 9.17) is 0 Å². The molecular formula is C15H15F2NO2. The lowest BCUT2D eigenvalue weighted by atomic mass is 10.0. The number of aromatic hydroxyl groups is 1. The fraction of sp³-hybridized carbons (Fsp3) is 0.533. The molecule has 3 fully saturated rings. The van der Waals surface area contributed by atoms with Crippen molar-refractivity contribution >= 4 is 5.91 Å². The maximum Gasteiger partial charge on any atom is 0.257 e. The average molecular weight is 279 g/mol. The lowest BCUT2D eigenvalue weighted by Crippen LogP contribution is -2.31. The fourth-order valence-electron chi connectivity index (χ4n) is 4.49. The number of amides is 1. The summed E-state index contributed by atoms with van der Waals surface area (Å²) in [5.41, 5.74) is -0.678. The zero-order chi connectivity index (χ0) is 14.0. The Kier molecular flexibility index (Phi) is 2.38. The summed E-state index contributed by atoms with van der Waals surface area (Å²) in [6, 6.07) is 1.88. The minimum atomic E-state index is -1.18. The van der Waals surface area contributed by atoms with E-state index < -0.39 is 28.9 Å². The standard InChI is InChI=1S/C15H15F2NO2/c16-8-3-4-9(19)13(17)12(8)15(20)18-14-10-6-1-2-7(5-6)11(10)14/h3-4,6-7,10-11,14,19H,1-2,5H2,(H,18,20)/t6-,7-,10+,11+/m0/s1. The molecule has 1 aromatic rings. The molecule has 4 rings (SSSR count). The summed E-state index contributed by atoms with van der Waals surface area (Å²) >= 11 is 0. The molecule has 1 aromatic carbocycles. The van der Waals surface area contributed by atoms with Gasteiger partial charge in [-0.15, -0.1) is 0 Å². The van der Waals surface area contributed by atoms with Crippen molar-refractivity contribution in [3.63, 3.8) is 0 Å². The molecule has 0 aliphatic heterocycles. The Hall–Kier alpha value is -1.65. The van der Waals surface area contributed by atoms with Gasteiger partial charge in [-0.3, -0.25) is 4.79 Å².